The van der Waals surface area contributed by atoms with E-state index in [1.54, 1.807) is 6.07 Å². The van der Waals surface area contributed by atoms with Gasteiger partial charge in [-0.1, -0.05) is 65.2 Å². The van der Waals surface area contributed by atoms with Gasteiger partial charge in [0.15, 0.2) is 0 Å². The molecule has 0 spiro atoms. The Labute approximate surface area is 198 Å². The Balaban J connectivity index is 2.15. The summed E-state index contributed by atoms with van der Waals surface area (Å²) in [6, 6.07) is 2.95. The van der Waals surface area contributed by atoms with Crippen LogP contribution in [0.3, 0.4) is 0 Å². The minimum absolute atomic E-state index is 0.126. The van der Waals surface area contributed by atoms with E-state index in [1.165, 1.54) is 45.1 Å². The van der Waals surface area contributed by atoms with Crippen molar-refractivity contribution in [1.82, 2.24) is 9.97 Å². The lowest BCUT2D eigenvalue weighted by atomic mass is 9.93. The van der Waals surface area contributed by atoms with Crippen molar-refractivity contribution >= 4 is 31.3 Å². The molecule has 2 aromatic rings. The van der Waals surface area contributed by atoms with Crippen molar-refractivity contribution in [3.05, 3.63) is 23.5 Å². The molecule has 0 fully saturated rings. The van der Waals surface area contributed by atoms with Crippen LogP contribution in [-0.4, -0.2) is 41.2 Å². The van der Waals surface area contributed by atoms with E-state index in [1.807, 2.05) is 6.92 Å². The number of aromatic amines is 1. The van der Waals surface area contributed by atoms with Gasteiger partial charge < -0.3 is 4.98 Å². The van der Waals surface area contributed by atoms with Gasteiger partial charge in [-0.15, -0.1) is 0 Å². The minimum atomic E-state index is -4.42. The average molecular weight is 503 g/mol. The number of benzene rings is 1. The molecular weight excluding hydrogens is 464 g/mol. The molecule has 8 nitrogen and oxygen atoms in total. The van der Waals surface area contributed by atoms with Crippen molar-refractivity contribution in [3.8, 4) is 0 Å². The van der Waals surface area contributed by atoms with Crippen molar-refractivity contribution in [2.75, 3.05) is 0 Å². The zero-order chi connectivity index (χ0) is 24.6. The highest BCUT2D eigenvalue weighted by Crippen LogP contribution is 2.34. The molecule has 2 unspecified atom stereocenters. The van der Waals surface area contributed by atoms with Crippen LogP contribution in [0.25, 0.3) is 11.0 Å². The van der Waals surface area contributed by atoms with Crippen LogP contribution in [0, 0.1) is 0 Å². The first-order valence-corrected chi connectivity index (χ1v) is 14.8. The van der Waals surface area contributed by atoms with Gasteiger partial charge in [-0.2, -0.15) is 16.8 Å². The van der Waals surface area contributed by atoms with Gasteiger partial charge >= 0.3 is 0 Å². The van der Waals surface area contributed by atoms with Gasteiger partial charge in [0.2, 0.25) is 0 Å². The molecule has 0 saturated heterocycles. The number of aromatic nitrogens is 2. The number of unbranched alkanes of at least 4 members (excludes halogenated alkanes) is 7. The number of hydrogen-bond acceptors (Lipinski definition) is 5. The number of aryl methyl sites for hydroxylation is 1. The molecule has 0 amide bonds. The van der Waals surface area contributed by atoms with Crippen LogP contribution >= 0.6 is 0 Å². The third-order valence-corrected chi connectivity index (χ3v) is 8.42. The van der Waals surface area contributed by atoms with Gasteiger partial charge in [-0.3, -0.25) is 9.11 Å². The maximum atomic E-state index is 12.1. The highest BCUT2D eigenvalue weighted by atomic mass is 32.2. The number of rotatable bonds is 15. The third kappa shape index (κ3) is 8.35. The maximum Gasteiger partial charge on any atom is 0.294 e. The molecule has 33 heavy (non-hydrogen) atoms. The van der Waals surface area contributed by atoms with E-state index in [-0.39, 0.29) is 23.7 Å². The highest BCUT2D eigenvalue weighted by Gasteiger charge is 2.24. The first kappa shape index (κ1) is 27.8. The molecule has 1 aromatic heterocycles. The van der Waals surface area contributed by atoms with Crippen LogP contribution in [0.5, 0.6) is 0 Å². The lowest BCUT2D eigenvalue weighted by Gasteiger charge is -2.16. The number of H-pyrrole nitrogens is 1. The summed E-state index contributed by atoms with van der Waals surface area (Å²) in [5.74, 6) is 0.382. The summed E-state index contributed by atoms with van der Waals surface area (Å²) in [5.41, 5.74) is 1.60. The summed E-state index contributed by atoms with van der Waals surface area (Å²) in [7, 11) is -8.55. The predicted octanol–water partition coefficient (Wildman–Crippen LogP) is 5.65. The first-order valence-electron chi connectivity index (χ1n) is 11.9. The van der Waals surface area contributed by atoms with Gasteiger partial charge in [0.1, 0.15) is 5.82 Å². The van der Waals surface area contributed by atoms with E-state index in [0.717, 1.165) is 25.7 Å². The van der Waals surface area contributed by atoms with Crippen molar-refractivity contribution in [2.45, 2.75) is 107 Å². The van der Waals surface area contributed by atoms with E-state index in [0.29, 0.717) is 22.4 Å². The van der Waals surface area contributed by atoms with E-state index in [2.05, 4.69) is 16.9 Å². The van der Waals surface area contributed by atoms with E-state index in [4.69, 9.17) is 4.55 Å². The van der Waals surface area contributed by atoms with Crippen LogP contribution in [0.4, 0.5) is 0 Å². The molecule has 0 aliphatic carbocycles. The van der Waals surface area contributed by atoms with Gasteiger partial charge in [0.25, 0.3) is 20.2 Å². The first-order chi connectivity index (χ1) is 15.4. The highest BCUT2D eigenvalue weighted by molar-refractivity contribution is 7.86. The summed E-state index contributed by atoms with van der Waals surface area (Å²) < 4.78 is 65.6. The summed E-state index contributed by atoms with van der Waals surface area (Å²) in [6.07, 6.45) is 10.7. The van der Waals surface area contributed by atoms with E-state index < -0.39 is 25.5 Å². The van der Waals surface area contributed by atoms with Crippen LogP contribution < -0.4 is 0 Å². The molecule has 188 valence electrons. The second-order valence-corrected chi connectivity index (χ2v) is 12.3. The van der Waals surface area contributed by atoms with Crippen molar-refractivity contribution in [3.63, 3.8) is 0 Å². The maximum absolute atomic E-state index is 12.1. The van der Waals surface area contributed by atoms with E-state index in [9.17, 15) is 21.4 Å². The monoisotopic (exact) mass is 502 g/mol. The normalized spacial score (nSPS) is 14.6. The Morgan fingerprint density at radius 2 is 1.52 bits per heavy atom. The Kier molecular flexibility index (Phi) is 10.3. The molecule has 0 aliphatic heterocycles. The SMILES string of the molecule is CCCCCCCCCCC(C)c1c(S(=O)(=O)O)ccc2[nH]c(CCC(C)S(=O)(=O)O)nc12. The second-order valence-electron chi connectivity index (χ2n) is 9.06. The average Bonchev–Trinajstić information content (AvgIpc) is 3.14. The zero-order valence-electron chi connectivity index (χ0n) is 19.9. The zero-order valence-corrected chi connectivity index (χ0v) is 21.5. The second kappa shape index (κ2) is 12.3. The number of imidazole rings is 1. The molecule has 1 aromatic carbocycles. The van der Waals surface area contributed by atoms with Crippen molar-refractivity contribution in [1.29, 1.82) is 0 Å². The molecule has 2 atom stereocenters. The predicted molar refractivity (Wildman–Crippen MR) is 131 cm³/mol. The largest absolute Gasteiger partial charge is 0.342 e. The third-order valence-electron chi connectivity index (χ3n) is 6.26. The number of hydrogen-bond donors (Lipinski definition) is 3. The molecule has 3 N–H and O–H groups in total. The lowest BCUT2D eigenvalue weighted by Crippen LogP contribution is -2.17. The quantitative estimate of drug-likeness (QED) is 0.211. The molecule has 0 saturated carbocycles. The van der Waals surface area contributed by atoms with Gasteiger partial charge in [-0.25, -0.2) is 4.98 Å². The lowest BCUT2D eigenvalue weighted by molar-refractivity contribution is 0.465. The number of nitrogens with one attached hydrogen (secondary N) is 1. The molecule has 1 heterocycles. The van der Waals surface area contributed by atoms with Crippen molar-refractivity contribution in [2.24, 2.45) is 0 Å². The van der Waals surface area contributed by atoms with Gasteiger partial charge in [0, 0.05) is 12.0 Å². The summed E-state index contributed by atoms with van der Waals surface area (Å²) in [4.78, 5) is 7.52. The molecule has 0 aliphatic rings. The topological polar surface area (TPSA) is 137 Å². The molecule has 0 radical (unpaired) electrons. The molecular formula is C23H38N2O6S2. The Bertz CT molecular complexity index is 1110. The van der Waals surface area contributed by atoms with Gasteiger partial charge in [-0.05, 0) is 37.8 Å². The van der Waals surface area contributed by atoms with Crippen LogP contribution in [0.15, 0.2) is 17.0 Å². The summed E-state index contributed by atoms with van der Waals surface area (Å²) in [6.45, 7) is 5.57. The van der Waals surface area contributed by atoms with Gasteiger partial charge in [0.05, 0.1) is 21.2 Å². The van der Waals surface area contributed by atoms with E-state index >= 15 is 0 Å². The Hall–Kier alpha value is -1.49. The van der Waals surface area contributed by atoms with Crippen LogP contribution in [-0.2, 0) is 26.7 Å². The van der Waals surface area contributed by atoms with Crippen LogP contribution in [0.1, 0.15) is 102 Å². The summed E-state index contributed by atoms with van der Waals surface area (Å²) in [5, 5.41) is -0.931. The molecule has 10 heteroatoms. The summed E-state index contributed by atoms with van der Waals surface area (Å²) >= 11 is 0. The van der Waals surface area contributed by atoms with Crippen LogP contribution in [0.2, 0.25) is 0 Å². The smallest absolute Gasteiger partial charge is 0.294 e. The minimum Gasteiger partial charge on any atom is -0.342 e. The Morgan fingerprint density at radius 3 is 2.09 bits per heavy atom. The Morgan fingerprint density at radius 1 is 0.909 bits per heavy atom. The molecule has 2 rings (SSSR count). The standard InChI is InChI=1S/C23H38N2O6S2/c1-4-5-6-7-8-9-10-11-12-17(2)22-20(33(29,30)31)15-14-19-23(22)25-21(24-19)16-13-18(3)32(26,27)28/h14-15,17-18H,4-13,16H2,1-3H3,(H,24,25)(H,26,27,28)(H,29,30,31). The molecule has 0 bridgehead atoms. The fourth-order valence-corrected chi connectivity index (χ4v) is 5.40. The van der Waals surface area contributed by atoms with Crippen molar-refractivity contribution < 1.29 is 25.9 Å². The fraction of sp³-hybridized carbons (Fsp3) is 0.696. The number of fused-ring (bicyclic) bond motifs is 1. The fourth-order valence-electron chi connectivity index (χ4n) is 4.17. The number of nitrogens with zero attached hydrogens (tertiary/aromatic N) is 1.